The summed E-state index contributed by atoms with van der Waals surface area (Å²) in [5.41, 5.74) is 0.973. The highest BCUT2D eigenvalue weighted by Crippen LogP contribution is 2.22. The van der Waals surface area contributed by atoms with Gasteiger partial charge in [0.1, 0.15) is 5.75 Å². The maximum absolute atomic E-state index is 11.3. The SMILES string of the molecule is CNC(=O)c1ccc(Oc2ccc(C(=O)O)c(C)c2)nn1. The van der Waals surface area contributed by atoms with E-state index in [0.717, 1.165) is 0 Å². The van der Waals surface area contributed by atoms with Gasteiger partial charge in [-0.3, -0.25) is 4.79 Å². The van der Waals surface area contributed by atoms with E-state index in [1.165, 1.54) is 31.3 Å². The molecule has 7 nitrogen and oxygen atoms in total. The summed E-state index contributed by atoms with van der Waals surface area (Å²) >= 11 is 0. The van der Waals surface area contributed by atoms with Crippen LogP contribution in [0.1, 0.15) is 26.4 Å². The van der Waals surface area contributed by atoms with Gasteiger partial charge in [-0.05, 0) is 36.8 Å². The van der Waals surface area contributed by atoms with E-state index in [-0.39, 0.29) is 23.0 Å². The van der Waals surface area contributed by atoms with Crippen molar-refractivity contribution in [2.24, 2.45) is 0 Å². The first-order chi connectivity index (χ1) is 10.0. The Balaban J connectivity index is 2.17. The maximum atomic E-state index is 11.3. The number of carbonyl (C=O) groups is 2. The number of aryl methyl sites for hydroxylation is 1. The molecule has 1 heterocycles. The molecule has 2 rings (SSSR count). The van der Waals surface area contributed by atoms with Crippen molar-refractivity contribution in [1.82, 2.24) is 15.5 Å². The van der Waals surface area contributed by atoms with Crippen LogP contribution >= 0.6 is 0 Å². The molecular formula is C14H13N3O4. The molecule has 0 saturated carbocycles. The number of hydrogen-bond acceptors (Lipinski definition) is 5. The molecule has 1 aromatic heterocycles. The molecule has 0 atom stereocenters. The fourth-order valence-electron chi connectivity index (χ4n) is 1.68. The molecule has 21 heavy (non-hydrogen) atoms. The topological polar surface area (TPSA) is 101 Å². The minimum Gasteiger partial charge on any atom is -0.478 e. The van der Waals surface area contributed by atoms with Crippen LogP contribution in [0, 0.1) is 6.92 Å². The molecular weight excluding hydrogens is 274 g/mol. The Morgan fingerprint density at radius 2 is 1.95 bits per heavy atom. The molecule has 0 bridgehead atoms. The minimum absolute atomic E-state index is 0.183. The lowest BCUT2D eigenvalue weighted by molar-refractivity contribution is 0.0696. The van der Waals surface area contributed by atoms with Gasteiger partial charge in [0.2, 0.25) is 5.88 Å². The number of ether oxygens (including phenoxy) is 1. The van der Waals surface area contributed by atoms with Gasteiger partial charge in [-0.1, -0.05) is 0 Å². The summed E-state index contributed by atoms with van der Waals surface area (Å²) in [5, 5.41) is 18.9. The number of amides is 1. The highest BCUT2D eigenvalue weighted by molar-refractivity contribution is 5.91. The summed E-state index contributed by atoms with van der Waals surface area (Å²) in [4.78, 5) is 22.2. The van der Waals surface area contributed by atoms with Crippen molar-refractivity contribution < 1.29 is 19.4 Å². The Morgan fingerprint density at radius 1 is 1.19 bits per heavy atom. The van der Waals surface area contributed by atoms with E-state index in [1.807, 2.05) is 0 Å². The van der Waals surface area contributed by atoms with Gasteiger partial charge in [0.05, 0.1) is 5.56 Å². The minimum atomic E-state index is -0.992. The zero-order valence-corrected chi connectivity index (χ0v) is 11.5. The van der Waals surface area contributed by atoms with Crippen LogP contribution in [0.2, 0.25) is 0 Å². The summed E-state index contributed by atoms with van der Waals surface area (Å²) in [6.45, 7) is 1.68. The van der Waals surface area contributed by atoms with Crippen LogP contribution < -0.4 is 10.1 Å². The third kappa shape index (κ3) is 3.33. The fourth-order valence-corrected chi connectivity index (χ4v) is 1.68. The normalized spacial score (nSPS) is 10.0. The second kappa shape index (κ2) is 6.00. The van der Waals surface area contributed by atoms with E-state index in [1.54, 1.807) is 13.0 Å². The van der Waals surface area contributed by atoms with Crippen molar-refractivity contribution in [1.29, 1.82) is 0 Å². The number of nitrogens with one attached hydrogen (secondary N) is 1. The Kier molecular flexibility index (Phi) is 4.13. The summed E-state index contributed by atoms with van der Waals surface area (Å²) in [7, 11) is 1.50. The van der Waals surface area contributed by atoms with Crippen molar-refractivity contribution >= 4 is 11.9 Å². The Morgan fingerprint density at radius 3 is 2.48 bits per heavy atom. The van der Waals surface area contributed by atoms with Crippen molar-refractivity contribution in [3.63, 3.8) is 0 Å². The van der Waals surface area contributed by atoms with E-state index in [0.29, 0.717) is 11.3 Å². The van der Waals surface area contributed by atoms with Gasteiger partial charge in [0.15, 0.2) is 5.69 Å². The molecule has 0 fully saturated rings. The van der Waals surface area contributed by atoms with Crippen molar-refractivity contribution in [2.45, 2.75) is 6.92 Å². The average molecular weight is 287 g/mol. The van der Waals surface area contributed by atoms with Crippen LogP contribution in [-0.2, 0) is 0 Å². The van der Waals surface area contributed by atoms with Gasteiger partial charge < -0.3 is 15.2 Å². The molecule has 108 valence electrons. The first-order valence-corrected chi connectivity index (χ1v) is 6.09. The predicted octanol–water partition coefficient (Wildman–Crippen LogP) is 1.64. The smallest absolute Gasteiger partial charge is 0.335 e. The molecule has 0 aliphatic rings. The Bertz CT molecular complexity index is 683. The molecule has 0 saturated heterocycles. The number of carbonyl (C=O) groups excluding carboxylic acids is 1. The van der Waals surface area contributed by atoms with E-state index in [9.17, 15) is 9.59 Å². The largest absolute Gasteiger partial charge is 0.478 e. The zero-order valence-electron chi connectivity index (χ0n) is 11.5. The highest BCUT2D eigenvalue weighted by Gasteiger charge is 2.10. The lowest BCUT2D eigenvalue weighted by Crippen LogP contribution is -2.19. The van der Waals surface area contributed by atoms with Gasteiger partial charge in [-0.2, -0.15) is 0 Å². The number of benzene rings is 1. The van der Waals surface area contributed by atoms with E-state index >= 15 is 0 Å². The number of rotatable bonds is 4. The van der Waals surface area contributed by atoms with E-state index < -0.39 is 5.97 Å². The maximum Gasteiger partial charge on any atom is 0.335 e. The molecule has 7 heteroatoms. The summed E-state index contributed by atoms with van der Waals surface area (Å²) in [6.07, 6.45) is 0. The van der Waals surface area contributed by atoms with Gasteiger partial charge in [-0.15, -0.1) is 10.2 Å². The second-order valence-corrected chi connectivity index (χ2v) is 4.22. The third-order valence-corrected chi connectivity index (χ3v) is 2.75. The first kappa shape index (κ1) is 14.4. The Hall–Kier alpha value is -2.96. The summed E-state index contributed by atoms with van der Waals surface area (Å²) in [5.74, 6) is -0.672. The standard InChI is InChI=1S/C14H13N3O4/c1-8-7-9(3-4-10(8)14(19)20)21-12-6-5-11(16-17-12)13(18)15-2/h3-7H,1-2H3,(H,15,18)(H,19,20). The van der Waals surface area contributed by atoms with Gasteiger partial charge in [-0.25, -0.2) is 4.79 Å². The molecule has 0 radical (unpaired) electrons. The summed E-state index contributed by atoms with van der Waals surface area (Å²) in [6, 6.07) is 7.58. The van der Waals surface area contributed by atoms with E-state index in [4.69, 9.17) is 9.84 Å². The lowest BCUT2D eigenvalue weighted by atomic mass is 10.1. The number of aromatic carboxylic acids is 1. The number of carboxylic acid groups (broad SMARTS) is 1. The van der Waals surface area contributed by atoms with Crippen LogP contribution in [-0.4, -0.2) is 34.2 Å². The quantitative estimate of drug-likeness (QED) is 0.886. The number of nitrogens with zero attached hydrogens (tertiary/aromatic N) is 2. The summed E-state index contributed by atoms with van der Waals surface area (Å²) < 4.78 is 5.46. The fraction of sp³-hybridized carbons (Fsp3) is 0.143. The Labute approximate surface area is 120 Å². The molecule has 0 aliphatic carbocycles. The zero-order chi connectivity index (χ0) is 15.4. The number of carboxylic acids is 1. The van der Waals surface area contributed by atoms with Crippen molar-refractivity contribution in [2.75, 3.05) is 7.05 Å². The van der Waals surface area contributed by atoms with Crippen LogP contribution in [0.3, 0.4) is 0 Å². The molecule has 0 spiro atoms. The number of aromatic nitrogens is 2. The van der Waals surface area contributed by atoms with E-state index in [2.05, 4.69) is 15.5 Å². The van der Waals surface area contributed by atoms with Crippen LogP contribution in [0.4, 0.5) is 0 Å². The molecule has 2 N–H and O–H groups in total. The predicted molar refractivity (Wildman–Crippen MR) is 73.6 cm³/mol. The number of hydrogen-bond donors (Lipinski definition) is 2. The lowest BCUT2D eigenvalue weighted by Gasteiger charge is -2.07. The first-order valence-electron chi connectivity index (χ1n) is 6.09. The van der Waals surface area contributed by atoms with Gasteiger partial charge >= 0.3 is 5.97 Å². The third-order valence-electron chi connectivity index (χ3n) is 2.75. The molecule has 2 aromatic rings. The molecule has 0 aliphatic heterocycles. The monoisotopic (exact) mass is 287 g/mol. The highest BCUT2D eigenvalue weighted by atomic mass is 16.5. The van der Waals surface area contributed by atoms with Crippen molar-refractivity contribution in [3.8, 4) is 11.6 Å². The van der Waals surface area contributed by atoms with Crippen molar-refractivity contribution in [3.05, 3.63) is 47.2 Å². The van der Waals surface area contributed by atoms with Crippen LogP contribution in [0.5, 0.6) is 11.6 Å². The second-order valence-electron chi connectivity index (χ2n) is 4.22. The van der Waals surface area contributed by atoms with Gasteiger partial charge in [0, 0.05) is 13.1 Å². The van der Waals surface area contributed by atoms with Crippen LogP contribution in [0.25, 0.3) is 0 Å². The molecule has 1 amide bonds. The van der Waals surface area contributed by atoms with Crippen LogP contribution in [0.15, 0.2) is 30.3 Å². The van der Waals surface area contributed by atoms with Gasteiger partial charge in [0.25, 0.3) is 5.91 Å². The molecule has 1 aromatic carbocycles. The average Bonchev–Trinajstić information content (AvgIpc) is 2.47. The molecule has 0 unspecified atom stereocenters.